The largest absolute Gasteiger partial charge is 0.503 e. The summed E-state index contributed by atoms with van der Waals surface area (Å²) >= 11 is 0. The van der Waals surface area contributed by atoms with Crippen LogP contribution in [0.25, 0.3) is 0 Å². The van der Waals surface area contributed by atoms with Crippen molar-refractivity contribution in [3.63, 3.8) is 0 Å². The molecule has 0 spiro atoms. The molecule has 0 aliphatic carbocycles. The SMILES string of the molecule is C1CSS1.O=C(O)O. The molecule has 2 N–H and O–H groups in total. The molecule has 8 heavy (non-hydrogen) atoms. The lowest BCUT2D eigenvalue weighted by Crippen LogP contribution is -1.86. The molecule has 0 radical (unpaired) electrons. The first-order chi connectivity index (χ1) is 3.73. The van der Waals surface area contributed by atoms with Crippen LogP contribution in [0.5, 0.6) is 0 Å². The summed E-state index contributed by atoms with van der Waals surface area (Å²) in [5, 5.41) is 13.9. The molecule has 0 atom stereocenters. The minimum absolute atomic E-state index is 1.38. The highest BCUT2D eigenvalue weighted by Gasteiger charge is 1.96. The Bertz CT molecular complexity index is 62.9. The van der Waals surface area contributed by atoms with E-state index >= 15 is 0 Å². The number of carbonyl (C=O) groups is 1. The van der Waals surface area contributed by atoms with Gasteiger partial charge in [0.1, 0.15) is 0 Å². The third-order valence-corrected chi connectivity index (χ3v) is 3.00. The lowest BCUT2D eigenvalue weighted by atomic mass is 11.0. The zero-order valence-corrected chi connectivity index (χ0v) is 5.67. The second-order valence-electron chi connectivity index (χ2n) is 0.927. The highest BCUT2D eigenvalue weighted by atomic mass is 33.1. The Morgan fingerprint density at radius 3 is 1.38 bits per heavy atom. The minimum atomic E-state index is -1.83. The fourth-order valence-electron chi connectivity index (χ4n) is 0.0833. The molecule has 1 rings (SSSR count). The van der Waals surface area contributed by atoms with Crippen molar-refractivity contribution in [2.24, 2.45) is 0 Å². The van der Waals surface area contributed by atoms with Crippen LogP contribution in [0.3, 0.4) is 0 Å². The minimum Gasteiger partial charge on any atom is -0.450 e. The summed E-state index contributed by atoms with van der Waals surface area (Å²) in [6.45, 7) is 0. The Kier molecular flexibility index (Phi) is 5.09. The molecule has 1 aliphatic heterocycles. The Hall–Kier alpha value is -0.0300. The van der Waals surface area contributed by atoms with Gasteiger partial charge in [-0.2, -0.15) is 0 Å². The molecule has 0 amide bonds. The van der Waals surface area contributed by atoms with E-state index < -0.39 is 6.16 Å². The maximum absolute atomic E-state index is 8.56. The molecule has 0 saturated carbocycles. The Morgan fingerprint density at radius 2 is 1.38 bits per heavy atom. The van der Waals surface area contributed by atoms with Crippen molar-refractivity contribution in [3.8, 4) is 0 Å². The molecule has 0 aromatic carbocycles. The van der Waals surface area contributed by atoms with Crippen molar-refractivity contribution in [1.29, 1.82) is 0 Å². The number of rotatable bonds is 0. The highest BCUT2D eigenvalue weighted by Crippen LogP contribution is 2.31. The molecule has 1 heterocycles. The van der Waals surface area contributed by atoms with E-state index in [1.165, 1.54) is 11.5 Å². The van der Waals surface area contributed by atoms with Gasteiger partial charge in [0.25, 0.3) is 0 Å². The van der Waals surface area contributed by atoms with E-state index in [1.807, 2.05) is 21.6 Å². The van der Waals surface area contributed by atoms with Gasteiger partial charge in [-0.15, -0.1) is 0 Å². The van der Waals surface area contributed by atoms with Crippen molar-refractivity contribution < 1.29 is 15.0 Å². The molecule has 5 heteroatoms. The quantitative estimate of drug-likeness (QED) is 0.519. The van der Waals surface area contributed by atoms with Gasteiger partial charge in [0.15, 0.2) is 0 Å². The average Bonchev–Trinajstić information content (AvgIpc) is 1.19. The van der Waals surface area contributed by atoms with Gasteiger partial charge in [0, 0.05) is 11.5 Å². The number of hydrogen-bond acceptors (Lipinski definition) is 3. The van der Waals surface area contributed by atoms with E-state index in [9.17, 15) is 0 Å². The van der Waals surface area contributed by atoms with E-state index in [4.69, 9.17) is 15.0 Å². The first kappa shape index (κ1) is 7.97. The fourth-order valence-corrected chi connectivity index (χ4v) is 0.750. The average molecular weight is 154 g/mol. The second kappa shape index (κ2) is 5.11. The van der Waals surface area contributed by atoms with Crippen molar-refractivity contribution in [2.45, 2.75) is 0 Å². The summed E-state index contributed by atoms with van der Waals surface area (Å²) in [7, 11) is 3.91. The van der Waals surface area contributed by atoms with Gasteiger partial charge in [-0.1, -0.05) is 21.6 Å². The van der Waals surface area contributed by atoms with Crippen LogP contribution >= 0.6 is 21.6 Å². The van der Waals surface area contributed by atoms with Gasteiger partial charge in [0.05, 0.1) is 0 Å². The summed E-state index contributed by atoms with van der Waals surface area (Å²) in [5.41, 5.74) is 0. The molecule has 3 nitrogen and oxygen atoms in total. The van der Waals surface area contributed by atoms with Gasteiger partial charge in [-0.05, 0) is 0 Å². The Balaban J connectivity index is 0.000000122. The molecule has 0 aromatic rings. The molecule has 1 saturated heterocycles. The van der Waals surface area contributed by atoms with E-state index in [0.717, 1.165) is 0 Å². The van der Waals surface area contributed by atoms with Crippen LogP contribution in [0.2, 0.25) is 0 Å². The zero-order valence-electron chi connectivity index (χ0n) is 4.03. The normalized spacial score (nSPS) is 15.0. The summed E-state index contributed by atoms with van der Waals surface area (Å²) in [4.78, 5) is 8.56. The summed E-state index contributed by atoms with van der Waals surface area (Å²) in [6.07, 6.45) is -1.83. The summed E-state index contributed by atoms with van der Waals surface area (Å²) in [5.74, 6) is 2.76. The molecular formula is C3H6O3S2. The smallest absolute Gasteiger partial charge is 0.450 e. The van der Waals surface area contributed by atoms with Gasteiger partial charge < -0.3 is 10.2 Å². The van der Waals surface area contributed by atoms with Gasteiger partial charge >= 0.3 is 6.16 Å². The molecule has 0 aromatic heterocycles. The predicted molar refractivity (Wildman–Crippen MR) is 35.6 cm³/mol. The lowest BCUT2D eigenvalue weighted by molar-refractivity contribution is 0.137. The van der Waals surface area contributed by atoms with Crippen LogP contribution in [0.4, 0.5) is 4.79 Å². The van der Waals surface area contributed by atoms with Gasteiger partial charge in [-0.25, -0.2) is 4.79 Å². The zero-order chi connectivity index (χ0) is 6.41. The third-order valence-electron chi connectivity index (χ3n) is 0.333. The Labute approximate surface area is 54.9 Å². The first-order valence-electron chi connectivity index (χ1n) is 1.90. The Morgan fingerprint density at radius 1 is 1.25 bits per heavy atom. The maximum Gasteiger partial charge on any atom is 0.503 e. The van der Waals surface area contributed by atoms with Crippen LogP contribution in [-0.4, -0.2) is 27.9 Å². The van der Waals surface area contributed by atoms with Crippen LogP contribution < -0.4 is 0 Å². The van der Waals surface area contributed by atoms with Crippen LogP contribution in [0, 0.1) is 0 Å². The molecule has 1 fully saturated rings. The topological polar surface area (TPSA) is 57.5 Å². The van der Waals surface area contributed by atoms with Crippen molar-refractivity contribution in [1.82, 2.24) is 0 Å². The van der Waals surface area contributed by atoms with E-state index in [0.29, 0.717) is 0 Å². The van der Waals surface area contributed by atoms with E-state index in [2.05, 4.69) is 0 Å². The molecule has 0 bridgehead atoms. The maximum atomic E-state index is 8.56. The molecule has 48 valence electrons. The predicted octanol–water partition coefficient (Wildman–Crippen LogP) is 1.60. The highest BCUT2D eigenvalue weighted by molar-refractivity contribution is 8.79. The fraction of sp³-hybridized carbons (Fsp3) is 0.667. The van der Waals surface area contributed by atoms with Gasteiger partial charge in [-0.3, -0.25) is 0 Å². The lowest BCUT2D eigenvalue weighted by Gasteiger charge is -2.04. The monoisotopic (exact) mass is 154 g/mol. The number of hydrogen-bond donors (Lipinski definition) is 2. The van der Waals surface area contributed by atoms with Crippen molar-refractivity contribution in [3.05, 3.63) is 0 Å². The summed E-state index contributed by atoms with van der Waals surface area (Å²) < 4.78 is 0. The van der Waals surface area contributed by atoms with E-state index in [-0.39, 0.29) is 0 Å². The van der Waals surface area contributed by atoms with Crippen molar-refractivity contribution in [2.75, 3.05) is 11.5 Å². The van der Waals surface area contributed by atoms with Gasteiger partial charge in [0.2, 0.25) is 0 Å². The number of carboxylic acid groups (broad SMARTS) is 2. The van der Waals surface area contributed by atoms with Crippen LogP contribution in [-0.2, 0) is 0 Å². The first-order valence-corrected chi connectivity index (χ1v) is 4.38. The van der Waals surface area contributed by atoms with Crippen LogP contribution in [0.15, 0.2) is 0 Å². The standard InChI is InChI=1S/C2H4S2.CH2O3/c1-2-4-3-1;2-1(3)4/h1-2H2;(H2,2,3,4). The second-order valence-corrected chi connectivity index (χ2v) is 3.63. The molecule has 1 aliphatic rings. The third kappa shape index (κ3) is 9.36. The summed E-state index contributed by atoms with van der Waals surface area (Å²) in [6, 6.07) is 0. The molecule has 0 unspecified atom stereocenters. The molecular weight excluding hydrogens is 148 g/mol. The van der Waals surface area contributed by atoms with Crippen LogP contribution in [0.1, 0.15) is 0 Å². The van der Waals surface area contributed by atoms with Crippen molar-refractivity contribution >= 4 is 27.7 Å². The van der Waals surface area contributed by atoms with E-state index in [1.54, 1.807) is 0 Å².